The van der Waals surface area contributed by atoms with Gasteiger partial charge in [0.1, 0.15) is 11.3 Å². The smallest absolute Gasteiger partial charge is 0.341 e. The van der Waals surface area contributed by atoms with E-state index in [0.717, 1.165) is 28.3 Å². The minimum atomic E-state index is -1.02. The van der Waals surface area contributed by atoms with Crippen molar-refractivity contribution in [3.63, 3.8) is 0 Å². The van der Waals surface area contributed by atoms with Gasteiger partial charge in [-0.2, -0.15) is 5.10 Å². The van der Waals surface area contributed by atoms with Crippen molar-refractivity contribution < 1.29 is 14.6 Å². The Labute approximate surface area is 133 Å². The van der Waals surface area contributed by atoms with Gasteiger partial charge in [-0.25, -0.2) is 14.3 Å². The normalized spacial score (nSPS) is 10.9. The Morgan fingerprint density at radius 1 is 1.35 bits per heavy atom. The van der Waals surface area contributed by atoms with Crippen LogP contribution in [0.25, 0.3) is 5.65 Å². The largest absolute Gasteiger partial charge is 0.497 e. The van der Waals surface area contributed by atoms with Crippen molar-refractivity contribution in [2.75, 3.05) is 7.11 Å². The van der Waals surface area contributed by atoms with Gasteiger partial charge in [0.2, 0.25) is 0 Å². The average Bonchev–Trinajstić information content (AvgIpc) is 2.95. The number of fused-ring (bicyclic) bond motifs is 1. The zero-order valence-electron chi connectivity index (χ0n) is 13.2. The number of carbonyl (C=O) groups is 1. The first kappa shape index (κ1) is 15.0. The van der Waals surface area contributed by atoms with Gasteiger partial charge in [0.15, 0.2) is 5.65 Å². The molecule has 6 nitrogen and oxygen atoms in total. The van der Waals surface area contributed by atoms with Crippen LogP contribution in [0.3, 0.4) is 0 Å². The molecule has 0 saturated carbocycles. The van der Waals surface area contributed by atoms with Crippen LogP contribution in [-0.2, 0) is 6.42 Å². The first-order valence-corrected chi connectivity index (χ1v) is 7.21. The van der Waals surface area contributed by atoms with Gasteiger partial charge in [0.25, 0.3) is 0 Å². The summed E-state index contributed by atoms with van der Waals surface area (Å²) >= 11 is 0. The number of carboxylic acid groups (broad SMARTS) is 1. The first-order chi connectivity index (χ1) is 11.0. The molecule has 118 valence electrons. The summed E-state index contributed by atoms with van der Waals surface area (Å²) < 4.78 is 6.84. The zero-order valence-corrected chi connectivity index (χ0v) is 13.2. The molecule has 0 atom stereocenters. The number of hydrogen-bond donors (Lipinski definition) is 1. The second-order valence-electron chi connectivity index (χ2n) is 5.39. The Bertz CT molecular complexity index is 899. The molecule has 6 heteroatoms. The van der Waals surface area contributed by atoms with E-state index in [4.69, 9.17) is 4.74 Å². The second-order valence-corrected chi connectivity index (χ2v) is 5.39. The third kappa shape index (κ3) is 2.63. The highest BCUT2D eigenvalue weighted by Gasteiger charge is 2.17. The molecule has 3 rings (SSSR count). The van der Waals surface area contributed by atoms with Crippen LogP contribution in [0.2, 0.25) is 0 Å². The topological polar surface area (TPSA) is 76.7 Å². The molecular weight excluding hydrogens is 294 g/mol. The number of rotatable bonds is 4. The summed E-state index contributed by atoms with van der Waals surface area (Å²) in [6.45, 7) is 3.82. The molecule has 0 aliphatic heterocycles. The van der Waals surface area contributed by atoms with Crippen molar-refractivity contribution in [1.29, 1.82) is 0 Å². The molecule has 2 aromatic heterocycles. The van der Waals surface area contributed by atoms with Crippen LogP contribution in [0.1, 0.15) is 32.9 Å². The van der Waals surface area contributed by atoms with E-state index in [2.05, 4.69) is 10.1 Å². The van der Waals surface area contributed by atoms with Gasteiger partial charge in [-0.05, 0) is 37.1 Å². The quantitative estimate of drug-likeness (QED) is 0.801. The Hall–Kier alpha value is -2.89. The molecule has 0 spiro atoms. The summed E-state index contributed by atoms with van der Waals surface area (Å²) in [4.78, 5) is 15.7. The maximum absolute atomic E-state index is 11.2. The van der Waals surface area contributed by atoms with Gasteiger partial charge in [-0.15, -0.1) is 0 Å². The van der Waals surface area contributed by atoms with Gasteiger partial charge in [-0.1, -0.05) is 12.1 Å². The van der Waals surface area contributed by atoms with E-state index < -0.39 is 5.97 Å². The van der Waals surface area contributed by atoms with E-state index in [1.807, 2.05) is 38.1 Å². The highest BCUT2D eigenvalue weighted by Crippen LogP contribution is 2.22. The minimum absolute atomic E-state index is 0.115. The summed E-state index contributed by atoms with van der Waals surface area (Å²) in [7, 11) is 1.64. The SMILES string of the molecule is COc1cccc(Cc2c(C)nc3c(C(=O)O)cnn3c2C)c1. The molecule has 0 aliphatic carbocycles. The number of nitrogens with zero attached hydrogens (tertiary/aromatic N) is 3. The van der Waals surface area contributed by atoms with E-state index >= 15 is 0 Å². The van der Waals surface area contributed by atoms with Crippen molar-refractivity contribution in [3.8, 4) is 5.75 Å². The van der Waals surface area contributed by atoms with Crippen molar-refractivity contribution in [2.24, 2.45) is 0 Å². The fraction of sp³-hybridized carbons (Fsp3) is 0.235. The molecule has 3 aromatic rings. The molecule has 0 fully saturated rings. The van der Waals surface area contributed by atoms with Crippen LogP contribution in [0, 0.1) is 13.8 Å². The van der Waals surface area contributed by atoms with E-state index in [1.165, 1.54) is 6.20 Å². The molecule has 1 N–H and O–H groups in total. The van der Waals surface area contributed by atoms with Crippen molar-refractivity contribution in [1.82, 2.24) is 14.6 Å². The molecule has 2 heterocycles. The molecule has 0 amide bonds. The highest BCUT2D eigenvalue weighted by molar-refractivity contribution is 5.94. The summed E-state index contributed by atoms with van der Waals surface area (Å²) in [6.07, 6.45) is 2.02. The highest BCUT2D eigenvalue weighted by atomic mass is 16.5. The minimum Gasteiger partial charge on any atom is -0.497 e. The Morgan fingerprint density at radius 3 is 2.83 bits per heavy atom. The van der Waals surface area contributed by atoms with Crippen LogP contribution < -0.4 is 4.74 Å². The summed E-state index contributed by atoms with van der Waals surface area (Å²) in [5, 5.41) is 13.4. The van der Waals surface area contributed by atoms with Gasteiger partial charge in [0.05, 0.1) is 13.3 Å². The predicted molar refractivity (Wildman–Crippen MR) is 85.2 cm³/mol. The molecular formula is C17H17N3O3. The van der Waals surface area contributed by atoms with Gasteiger partial charge in [0, 0.05) is 17.8 Å². The molecule has 0 radical (unpaired) electrons. The zero-order chi connectivity index (χ0) is 16.6. The molecule has 23 heavy (non-hydrogen) atoms. The lowest BCUT2D eigenvalue weighted by molar-refractivity contribution is 0.0698. The number of methoxy groups -OCH3 is 1. The third-order valence-electron chi connectivity index (χ3n) is 3.95. The fourth-order valence-electron chi connectivity index (χ4n) is 2.70. The van der Waals surface area contributed by atoms with E-state index in [9.17, 15) is 9.90 Å². The fourth-order valence-corrected chi connectivity index (χ4v) is 2.70. The lowest BCUT2D eigenvalue weighted by Gasteiger charge is -2.12. The number of aromatic nitrogens is 3. The number of aryl methyl sites for hydroxylation is 2. The summed E-state index contributed by atoms with van der Waals surface area (Å²) in [5.74, 6) is -0.217. The van der Waals surface area contributed by atoms with Gasteiger partial charge in [-0.3, -0.25) is 0 Å². The standard InChI is InChI=1S/C17H17N3O3/c1-10-14(8-12-5-4-6-13(7-12)23-3)11(2)20-16(19-10)15(9-18-20)17(21)22/h4-7,9H,8H2,1-3H3,(H,21,22). The number of carboxylic acids is 1. The second kappa shape index (κ2) is 5.72. The molecule has 0 saturated heterocycles. The maximum atomic E-state index is 11.2. The van der Waals surface area contributed by atoms with Crippen molar-refractivity contribution >= 4 is 11.6 Å². The summed E-state index contributed by atoms with van der Waals surface area (Å²) in [6, 6.07) is 7.85. The van der Waals surface area contributed by atoms with Crippen LogP contribution in [0.5, 0.6) is 5.75 Å². The molecule has 0 aliphatic rings. The molecule has 0 unspecified atom stereocenters. The third-order valence-corrected chi connectivity index (χ3v) is 3.95. The van der Waals surface area contributed by atoms with Gasteiger partial charge < -0.3 is 9.84 Å². The van der Waals surface area contributed by atoms with Crippen molar-refractivity contribution in [2.45, 2.75) is 20.3 Å². The van der Waals surface area contributed by atoms with E-state index in [0.29, 0.717) is 12.1 Å². The van der Waals surface area contributed by atoms with E-state index in [1.54, 1.807) is 11.6 Å². The van der Waals surface area contributed by atoms with E-state index in [-0.39, 0.29) is 5.56 Å². The molecule has 1 aromatic carbocycles. The van der Waals surface area contributed by atoms with Crippen molar-refractivity contribution in [3.05, 3.63) is 58.5 Å². The van der Waals surface area contributed by atoms with Crippen LogP contribution in [-0.4, -0.2) is 32.8 Å². The number of hydrogen-bond acceptors (Lipinski definition) is 4. The average molecular weight is 311 g/mol. The number of aromatic carboxylic acids is 1. The Morgan fingerprint density at radius 2 is 2.13 bits per heavy atom. The van der Waals surface area contributed by atoms with Crippen LogP contribution in [0.4, 0.5) is 0 Å². The first-order valence-electron chi connectivity index (χ1n) is 7.21. The number of benzene rings is 1. The Kier molecular flexibility index (Phi) is 3.73. The molecule has 0 bridgehead atoms. The number of ether oxygens (including phenoxy) is 1. The van der Waals surface area contributed by atoms with Crippen LogP contribution >= 0.6 is 0 Å². The van der Waals surface area contributed by atoms with Gasteiger partial charge >= 0.3 is 5.97 Å². The lowest BCUT2D eigenvalue weighted by atomic mass is 10.0. The predicted octanol–water partition coefficient (Wildman–Crippen LogP) is 2.64. The maximum Gasteiger partial charge on any atom is 0.341 e. The monoisotopic (exact) mass is 311 g/mol. The Balaban J connectivity index is 2.09. The lowest BCUT2D eigenvalue weighted by Crippen LogP contribution is -2.07. The van der Waals surface area contributed by atoms with Crippen LogP contribution in [0.15, 0.2) is 30.5 Å². The summed E-state index contributed by atoms with van der Waals surface area (Å²) in [5.41, 5.74) is 4.32.